The summed E-state index contributed by atoms with van der Waals surface area (Å²) in [5.41, 5.74) is 4.65. The summed E-state index contributed by atoms with van der Waals surface area (Å²) in [7, 11) is 1.67. The summed E-state index contributed by atoms with van der Waals surface area (Å²) in [5, 5.41) is 19.7. The van der Waals surface area contributed by atoms with Gasteiger partial charge in [-0.1, -0.05) is 31.4 Å². The lowest BCUT2D eigenvalue weighted by Crippen LogP contribution is -2.58. The molecule has 1 atom stereocenters. The Morgan fingerprint density at radius 1 is 1.32 bits per heavy atom. The van der Waals surface area contributed by atoms with E-state index in [0.29, 0.717) is 0 Å². The van der Waals surface area contributed by atoms with Crippen LogP contribution in [0.5, 0.6) is 5.75 Å². The van der Waals surface area contributed by atoms with Crippen molar-refractivity contribution in [3.8, 4) is 5.75 Å². The van der Waals surface area contributed by atoms with Crippen LogP contribution < -0.4 is 15.6 Å². The summed E-state index contributed by atoms with van der Waals surface area (Å²) in [6, 6.07) is 8.04. The molecule has 1 aliphatic rings. The van der Waals surface area contributed by atoms with Gasteiger partial charge in [0, 0.05) is 5.97 Å². The quantitative estimate of drug-likeness (QED) is 0.845. The van der Waals surface area contributed by atoms with Gasteiger partial charge in [-0.2, -0.15) is 0 Å². The zero-order valence-electron chi connectivity index (χ0n) is 13.5. The number of aliphatic hydroxyl groups is 1. The van der Waals surface area contributed by atoms with Crippen molar-refractivity contribution >= 4 is 5.97 Å². The third-order valence-electron chi connectivity index (χ3n) is 4.17. The summed E-state index contributed by atoms with van der Waals surface area (Å²) < 4.78 is 5.18. The second-order valence-corrected chi connectivity index (χ2v) is 5.77. The second kappa shape index (κ2) is 8.76. The molecule has 1 aromatic carbocycles. The van der Waals surface area contributed by atoms with Crippen molar-refractivity contribution in [2.45, 2.75) is 50.5 Å². The minimum Gasteiger partial charge on any atom is -0.550 e. The number of rotatable bonds is 4. The zero-order chi connectivity index (χ0) is 16.6. The molecule has 1 saturated carbocycles. The van der Waals surface area contributed by atoms with Gasteiger partial charge in [0.1, 0.15) is 5.75 Å². The fraction of sp³-hybridized carbons (Fsp3) is 0.588. The summed E-state index contributed by atoms with van der Waals surface area (Å²) in [5.74, 6) is -0.0825. The standard InChI is InChI=1S/C15H23NO2.C2H4O2/c1-18-13-7-5-12(6-8-13)14(11-16)15(17)9-3-2-4-10-15;1-2(3)4/h5-8,14,17H,2-4,9-11,16H2,1H3;1H3,(H,3,4). The Labute approximate surface area is 132 Å². The molecule has 1 unspecified atom stereocenters. The molecule has 5 heteroatoms. The molecule has 22 heavy (non-hydrogen) atoms. The highest BCUT2D eigenvalue weighted by atomic mass is 16.5. The molecule has 4 N–H and O–H groups in total. The molecular formula is C17H27NO4. The molecule has 124 valence electrons. The number of benzene rings is 1. The number of quaternary nitrogens is 1. The van der Waals surface area contributed by atoms with E-state index in [1.165, 1.54) is 12.0 Å². The third-order valence-corrected chi connectivity index (χ3v) is 4.17. The average molecular weight is 309 g/mol. The Hall–Kier alpha value is -1.59. The van der Waals surface area contributed by atoms with Crippen molar-refractivity contribution in [1.82, 2.24) is 0 Å². The van der Waals surface area contributed by atoms with E-state index in [2.05, 4.69) is 17.9 Å². The number of aliphatic carboxylic acids is 1. The van der Waals surface area contributed by atoms with Crippen LogP contribution in [0.4, 0.5) is 0 Å². The molecule has 0 spiro atoms. The van der Waals surface area contributed by atoms with Crippen LogP contribution in [0.2, 0.25) is 0 Å². The Morgan fingerprint density at radius 2 is 1.82 bits per heavy atom. The van der Waals surface area contributed by atoms with E-state index >= 15 is 0 Å². The van der Waals surface area contributed by atoms with E-state index in [9.17, 15) is 5.11 Å². The van der Waals surface area contributed by atoms with E-state index in [0.717, 1.165) is 44.9 Å². The van der Waals surface area contributed by atoms with Gasteiger partial charge in [-0.3, -0.25) is 0 Å². The normalized spacial score (nSPS) is 17.8. The number of carboxylic acid groups (broad SMARTS) is 1. The maximum absolute atomic E-state index is 10.8. The van der Waals surface area contributed by atoms with Crippen molar-refractivity contribution < 1.29 is 25.5 Å². The number of carbonyl (C=O) groups excluding carboxylic acids is 1. The van der Waals surface area contributed by atoms with Crippen LogP contribution in [0.25, 0.3) is 0 Å². The van der Waals surface area contributed by atoms with Crippen LogP contribution in [0, 0.1) is 0 Å². The molecule has 0 aromatic heterocycles. The van der Waals surface area contributed by atoms with Crippen molar-refractivity contribution in [3.05, 3.63) is 29.8 Å². The fourth-order valence-electron chi connectivity index (χ4n) is 3.09. The van der Waals surface area contributed by atoms with Crippen molar-refractivity contribution in [2.75, 3.05) is 13.7 Å². The number of carbonyl (C=O) groups is 1. The summed E-state index contributed by atoms with van der Waals surface area (Å²) >= 11 is 0. The highest BCUT2D eigenvalue weighted by Gasteiger charge is 2.39. The molecule has 0 saturated heterocycles. The maximum atomic E-state index is 10.8. The summed E-state index contributed by atoms with van der Waals surface area (Å²) in [6.07, 6.45) is 5.31. The third kappa shape index (κ3) is 5.31. The molecule has 0 bridgehead atoms. The van der Waals surface area contributed by atoms with Gasteiger partial charge in [-0.25, -0.2) is 0 Å². The van der Waals surface area contributed by atoms with E-state index in [1.54, 1.807) is 7.11 Å². The molecule has 1 aliphatic carbocycles. The zero-order valence-corrected chi connectivity index (χ0v) is 13.5. The lowest BCUT2D eigenvalue weighted by atomic mass is 9.73. The van der Waals surface area contributed by atoms with Crippen LogP contribution in [-0.2, 0) is 4.79 Å². The van der Waals surface area contributed by atoms with Crippen LogP contribution in [0.15, 0.2) is 24.3 Å². The van der Waals surface area contributed by atoms with Crippen molar-refractivity contribution in [3.63, 3.8) is 0 Å². The fourth-order valence-corrected chi connectivity index (χ4v) is 3.09. The monoisotopic (exact) mass is 309 g/mol. The van der Waals surface area contributed by atoms with E-state index < -0.39 is 11.6 Å². The van der Waals surface area contributed by atoms with E-state index in [-0.39, 0.29) is 5.92 Å². The molecular weight excluding hydrogens is 282 g/mol. The second-order valence-electron chi connectivity index (χ2n) is 5.77. The lowest BCUT2D eigenvalue weighted by molar-refractivity contribution is -0.380. The van der Waals surface area contributed by atoms with E-state index in [4.69, 9.17) is 14.6 Å². The smallest absolute Gasteiger partial charge is 0.118 e. The van der Waals surface area contributed by atoms with Crippen LogP contribution in [0.1, 0.15) is 50.5 Å². The van der Waals surface area contributed by atoms with E-state index in [1.807, 2.05) is 12.1 Å². The van der Waals surface area contributed by atoms with Gasteiger partial charge in [0.05, 0.1) is 25.2 Å². The van der Waals surface area contributed by atoms with Gasteiger partial charge < -0.3 is 25.5 Å². The number of methoxy groups -OCH3 is 1. The Bertz CT molecular complexity index is 448. The average Bonchev–Trinajstić information content (AvgIpc) is 2.48. The number of carboxylic acids is 1. The predicted molar refractivity (Wildman–Crippen MR) is 82.2 cm³/mol. The largest absolute Gasteiger partial charge is 0.550 e. The molecule has 1 aromatic rings. The van der Waals surface area contributed by atoms with Crippen LogP contribution in [0.3, 0.4) is 0 Å². The summed E-state index contributed by atoms with van der Waals surface area (Å²) in [4.78, 5) is 8.89. The van der Waals surface area contributed by atoms with Gasteiger partial charge in [0.15, 0.2) is 0 Å². The first-order valence-corrected chi connectivity index (χ1v) is 7.76. The molecule has 0 radical (unpaired) electrons. The molecule has 0 heterocycles. The predicted octanol–water partition coefficient (Wildman–Crippen LogP) is 0.472. The number of hydrogen-bond acceptors (Lipinski definition) is 4. The summed E-state index contributed by atoms with van der Waals surface area (Å²) in [6.45, 7) is 1.71. The van der Waals surface area contributed by atoms with Crippen LogP contribution >= 0.6 is 0 Å². The SMILES string of the molecule is CC(=O)[O-].COc1ccc(C(C[NH3+])C2(O)CCCCC2)cc1. The maximum Gasteiger partial charge on any atom is 0.118 e. The van der Waals surface area contributed by atoms with Gasteiger partial charge in [-0.15, -0.1) is 0 Å². The van der Waals surface area contributed by atoms with Gasteiger partial charge in [0.25, 0.3) is 0 Å². The molecule has 2 rings (SSSR count). The van der Waals surface area contributed by atoms with Gasteiger partial charge in [0.2, 0.25) is 0 Å². The van der Waals surface area contributed by atoms with Gasteiger partial charge >= 0.3 is 0 Å². The topological polar surface area (TPSA) is 97.2 Å². The Balaban J connectivity index is 0.000000541. The van der Waals surface area contributed by atoms with Crippen molar-refractivity contribution in [2.24, 2.45) is 0 Å². The molecule has 0 aliphatic heterocycles. The first kappa shape index (κ1) is 18.5. The first-order chi connectivity index (χ1) is 10.4. The minimum absolute atomic E-state index is 0.142. The van der Waals surface area contributed by atoms with Crippen molar-refractivity contribution in [1.29, 1.82) is 0 Å². The molecule has 5 nitrogen and oxygen atoms in total. The molecule has 0 amide bonds. The van der Waals surface area contributed by atoms with Gasteiger partial charge in [-0.05, 0) is 37.5 Å². The molecule has 1 fully saturated rings. The minimum atomic E-state index is -1.08. The lowest BCUT2D eigenvalue weighted by Gasteiger charge is -2.38. The Kier molecular flexibility index (Phi) is 7.35. The number of hydrogen-bond donors (Lipinski definition) is 2. The Morgan fingerprint density at radius 3 is 2.23 bits per heavy atom. The highest BCUT2D eigenvalue weighted by Crippen LogP contribution is 2.39. The van der Waals surface area contributed by atoms with Crippen LogP contribution in [-0.4, -0.2) is 30.3 Å². The number of ether oxygens (including phenoxy) is 1. The first-order valence-electron chi connectivity index (χ1n) is 7.76. The highest BCUT2D eigenvalue weighted by molar-refractivity contribution is 5.60.